The molecule has 0 bridgehead atoms. The van der Waals surface area contributed by atoms with Crippen LogP contribution in [0.15, 0.2) is 42.5 Å². The fourth-order valence-corrected chi connectivity index (χ4v) is 14.4. The Hall–Kier alpha value is -1.99. The molecule has 1 aromatic rings. The molecule has 1 aromatic carbocycles. The molecule has 6 nitrogen and oxygen atoms in total. The maximum Gasteiger partial charge on any atom is 0.335 e. The Morgan fingerprint density at radius 3 is 2.33 bits per heavy atom. The van der Waals surface area contributed by atoms with Crippen molar-refractivity contribution in [2.24, 2.45) is 34.0 Å². The van der Waals surface area contributed by atoms with Gasteiger partial charge in [0.15, 0.2) is 0 Å². The first-order chi connectivity index (χ1) is 24.3. The predicted molar refractivity (Wildman–Crippen MR) is 213 cm³/mol. The maximum atomic E-state index is 11.6. The van der Waals surface area contributed by atoms with E-state index in [9.17, 15) is 15.0 Å². The quantitative estimate of drug-likeness (QED) is 0.222. The lowest BCUT2D eigenvalue weighted by Gasteiger charge is -2.73. The third-order valence-electron chi connectivity index (χ3n) is 17.0. The maximum absolute atomic E-state index is 11.6. The van der Waals surface area contributed by atoms with Gasteiger partial charge in [-0.05, 0) is 169 Å². The lowest BCUT2D eigenvalue weighted by Crippen LogP contribution is -2.77. The van der Waals surface area contributed by atoms with Gasteiger partial charge in [-0.15, -0.1) is 0 Å². The molecule has 3 aliphatic carbocycles. The van der Waals surface area contributed by atoms with Crippen LogP contribution in [0.5, 0.6) is 0 Å². The molecule has 10 atom stereocenters. The minimum Gasteiger partial charge on any atom is -0.478 e. The molecule has 0 amide bonds. The number of carboxylic acid groups (broad SMARTS) is 1. The zero-order valence-corrected chi connectivity index (χ0v) is 34.2. The number of benzene rings is 1. The van der Waals surface area contributed by atoms with E-state index in [0.717, 1.165) is 25.9 Å². The second-order valence-electron chi connectivity index (χ2n) is 20.6. The standard InChI is InChI=1S/C46H71N3O3/c1-30(2)35-17-23-46(47-26-28-48-31(3)11-16-34(48)29-41(4,5)52)25-24-45(10)44(9)22-19-37-42(6,7)36(32-12-14-33(15-13-32)40(50)51)18-21-43(37,8)38(44)20-27-49(45)39(35)46/h12-15,18,31,34-35,37-39,47,52H,1,11,16-17,19-29H2,2-10H3,(H,50,51)/t31?,34?,35-,37?,38+,39?,43-,44+,45-,46-/m0/s1. The van der Waals surface area contributed by atoms with Crippen LogP contribution in [0.25, 0.3) is 5.57 Å². The summed E-state index contributed by atoms with van der Waals surface area (Å²) in [7, 11) is 0. The first-order valence-corrected chi connectivity index (χ1v) is 21.0. The molecular formula is C46H71N3O3. The van der Waals surface area contributed by atoms with E-state index in [-0.39, 0.29) is 27.3 Å². The summed E-state index contributed by atoms with van der Waals surface area (Å²) in [6.45, 7) is 29.4. The SMILES string of the molecule is C=C(C)[C@@H]1CC[C@]2(NCCN3C(C)CCC3CC(C)(C)O)CC[C@]3(C)N(CC[C@@H]4[C@@]5(C)CC=C(c6ccc(C(=O)O)cc6)C(C)(C)C5CC[C@]43C)C12. The number of piperidine rings is 2. The van der Waals surface area contributed by atoms with Gasteiger partial charge in [-0.25, -0.2) is 4.79 Å². The van der Waals surface area contributed by atoms with Crippen molar-refractivity contribution in [2.75, 3.05) is 19.6 Å². The summed E-state index contributed by atoms with van der Waals surface area (Å²) < 4.78 is 0. The number of aromatic carboxylic acids is 1. The number of nitrogens with one attached hydrogen (secondary N) is 1. The molecule has 0 spiro atoms. The Morgan fingerprint density at radius 1 is 0.962 bits per heavy atom. The molecule has 4 unspecified atom stereocenters. The first-order valence-electron chi connectivity index (χ1n) is 21.0. The lowest BCUT2D eigenvalue weighted by atomic mass is 9.38. The molecule has 288 valence electrons. The molecule has 5 fully saturated rings. The minimum atomic E-state index is -0.862. The molecule has 7 rings (SSSR count). The number of carboxylic acids is 1. The van der Waals surface area contributed by atoms with Crippen LogP contribution < -0.4 is 5.32 Å². The first kappa shape index (κ1) is 38.3. The van der Waals surface area contributed by atoms with Gasteiger partial charge in [0, 0.05) is 42.3 Å². The third kappa shape index (κ3) is 5.91. The van der Waals surface area contributed by atoms with Gasteiger partial charge in [0.05, 0.1) is 11.2 Å². The molecule has 3 aliphatic heterocycles. The van der Waals surface area contributed by atoms with E-state index in [1.165, 1.54) is 81.0 Å². The van der Waals surface area contributed by atoms with Crippen molar-refractivity contribution in [2.45, 2.75) is 168 Å². The van der Waals surface area contributed by atoms with Crippen LogP contribution in [-0.2, 0) is 0 Å². The fraction of sp³-hybridized carbons (Fsp3) is 0.761. The number of fused-ring (bicyclic) bond motifs is 7. The average molecular weight is 714 g/mol. The van der Waals surface area contributed by atoms with Crippen molar-refractivity contribution in [1.82, 2.24) is 15.1 Å². The van der Waals surface area contributed by atoms with E-state index >= 15 is 0 Å². The number of carbonyl (C=O) groups is 1. The van der Waals surface area contributed by atoms with E-state index in [2.05, 4.69) is 76.2 Å². The largest absolute Gasteiger partial charge is 0.478 e. The zero-order valence-electron chi connectivity index (χ0n) is 34.2. The van der Waals surface area contributed by atoms with Crippen molar-refractivity contribution in [1.29, 1.82) is 0 Å². The minimum absolute atomic E-state index is 0.0119. The Balaban J connectivity index is 1.14. The van der Waals surface area contributed by atoms with Crippen LogP contribution in [0.3, 0.4) is 0 Å². The highest BCUT2D eigenvalue weighted by atomic mass is 16.4. The van der Waals surface area contributed by atoms with Gasteiger partial charge in [-0.1, -0.05) is 58.1 Å². The molecule has 2 saturated carbocycles. The van der Waals surface area contributed by atoms with Gasteiger partial charge in [-0.3, -0.25) is 9.80 Å². The summed E-state index contributed by atoms with van der Waals surface area (Å²) in [6, 6.07) is 9.15. The second-order valence-corrected chi connectivity index (χ2v) is 20.6. The van der Waals surface area contributed by atoms with Gasteiger partial charge in [0.25, 0.3) is 0 Å². The van der Waals surface area contributed by atoms with Crippen molar-refractivity contribution >= 4 is 11.5 Å². The molecule has 6 heteroatoms. The monoisotopic (exact) mass is 714 g/mol. The number of likely N-dealkylation sites (tertiary alicyclic amines) is 1. The van der Waals surface area contributed by atoms with Crippen LogP contribution in [-0.4, -0.2) is 80.4 Å². The highest BCUT2D eigenvalue weighted by Gasteiger charge is 2.70. The number of nitrogens with zero attached hydrogens (tertiary/aromatic N) is 2. The van der Waals surface area contributed by atoms with E-state index in [1.54, 1.807) is 12.1 Å². The zero-order chi connectivity index (χ0) is 37.6. The Bertz CT molecular complexity index is 1580. The summed E-state index contributed by atoms with van der Waals surface area (Å²) in [5, 5.41) is 24.5. The topological polar surface area (TPSA) is 76.0 Å². The van der Waals surface area contributed by atoms with E-state index < -0.39 is 11.6 Å². The van der Waals surface area contributed by atoms with Gasteiger partial charge >= 0.3 is 5.97 Å². The number of rotatable bonds is 9. The van der Waals surface area contributed by atoms with Crippen LogP contribution in [0, 0.1) is 34.0 Å². The molecule has 3 N–H and O–H groups in total. The third-order valence-corrected chi connectivity index (χ3v) is 17.0. The normalized spacial score (nSPS) is 41.8. The highest BCUT2D eigenvalue weighted by Crippen LogP contribution is 2.72. The average Bonchev–Trinajstić information content (AvgIpc) is 3.60. The van der Waals surface area contributed by atoms with Crippen LogP contribution in [0.2, 0.25) is 0 Å². The second kappa shape index (κ2) is 13.1. The van der Waals surface area contributed by atoms with Gasteiger partial charge in [0.1, 0.15) is 0 Å². The Labute approximate surface area is 315 Å². The number of hydrogen-bond acceptors (Lipinski definition) is 5. The summed E-state index contributed by atoms with van der Waals surface area (Å²) in [5.41, 5.74) is 4.40. The van der Waals surface area contributed by atoms with Crippen LogP contribution in [0.1, 0.15) is 149 Å². The van der Waals surface area contributed by atoms with E-state index in [0.29, 0.717) is 41.4 Å². The number of allylic oxidation sites excluding steroid dienone is 2. The van der Waals surface area contributed by atoms with Crippen molar-refractivity contribution in [3.8, 4) is 0 Å². The van der Waals surface area contributed by atoms with Gasteiger partial charge < -0.3 is 15.5 Å². The Kier molecular flexibility index (Phi) is 9.62. The molecule has 0 aromatic heterocycles. The van der Waals surface area contributed by atoms with Crippen LogP contribution in [0.4, 0.5) is 0 Å². The summed E-state index contributed by atoms with van der Waals surface area (Å²) >= 11 is 0. The molecule has 3 saturated heterocycles. The van der Waals surface area contributed by atoms with Crippen molar-refractivity contribution in [3.63, 3.8) is 0 Å². The van der Waals surface area contributed by atoms with Crippen molar-refractivity contribution < 1.29 is 15.0 Å². The van der Waals surface area contributed by atoms with Gasteiger partial charge in [0.2, 0.25) is 0 Å². The number of aliphatic hydroxyl groups is 1. The Morgan fingerprint density at radius 2 is 1.67 bits per heavy atom. The molecule has 52 heavy (non-hydrogen) atoms. The molecule has 6 aliphatic rings. The smallest absolute Gasteiger partial charge is 0.335 e. The fourth-order valence-electron chi connectivity index (χ4n) is 14.4. The predicted octanol–water partition coefficient (Wildman–Crippen LogP) is 9.19. The van der Waals surface area contributed by atoms with Crippen LogP contribution >= 0.6 is 0 Å². The van der Waals surface area contributed by atoms with E-state index in [4.69, 9.17) is 0 Å². The summed E-state index contributed by atoms with van der Waals surface area (Å²) in [6.07, 6.45) is 15.6. The number of hydrogen-bond donors (Lipinski definition) is 3. The molecular weight excluding hydrogens is 643 g/mol. The van der Waals surface area contributed by atoms with Gasteiger partial charge in [-0.2, -0.15) is 0 Å². The highest BCUT2D eigenvalue weighted by molar-refractivity contribution is 5.88. The van der Waals surface area contributed by atoms with E-state index in [1.807, 2.05) is 26.0 Å². The van der Waals surface area contributed by atoms with Crippen molar-refractivity contribution in [3.05, 3.63) is 53.6 Å². The molecule has 0 radical (unpaired) electrons. The molecule has 3 heterocycles. The summed E-state index contributed by atoms with van der Waals surface area (Å²) in [5.74, 6) is 0.902. The lowest BCUT2D eigenvalue weighted by molar-refractivity contribution is -0.220. The summed E-state index contributed by atoms with van der Waals surface area (Å²) in [4.78, 5) is 17.3.